The number of rotatable bonds is 8. The lowest BCUT2D eigenvalue weighted by molar-refractivity contribution is -0.133. The Morgan fingerprint density at radius 1 is 0.850 bits per heavy atom. The maximum Gasteiger partial charge on any atom is 0.338 e. The van der Waals surface area contributed by atoms with Crippen LogP contribution in [0.1, 0.15) is 53.6 Å². The molecule has 0 atom stereocenters. The number of piperidine rings is 1. The van der Waals surface area contributed by atoms with E-state index in [0.29, 0.717) is 31.1 Å². The molecule has 0 bridgehead atoms. The Kier molecular flexibility index (Phi) is 8.61. The summed E-state index contributed by atoms with van der Waals surface area (Å²) in [6.45, 7) is 6.28. The second-order valence-electron chi connectivity index (χ2n) is 10.6. The number of esters is 1. The molecule has 0 unspecified atom stereocenters. The summed E-state index contributed by atoms with van der Waals surface area (Å²) < 4.78 is 10.4. The van der Waals surface area contributed by atoms with Crippen LogP contribution in [0, 0.1) is 6.92 Å². The maximum absolute atomic E-state index is 12.8. The molecule has 1 saturated heterocycles. The van der Waals surface area contributed by atoms with Gasteiger partial charge in [-0.2, -0.15) is 0 Å². The van der Waals surface area contributed by atoms with Gasteiger partial charge in [0.2, 0.25) is 5.91 Å². The summed E-state index contributed by atoms with van der Waals surface area (Å²) in [5, 5.41) is 2.10. The Hall–Kier alpha value is -3.96. The number of fused-ring (bicyclic) bond motifs is 1. The van der Waals surface area contributed by atoms with Gasteiger partial charge in [0.15, 0.2) is 0 Å². The fraction of sp³-hybridized carbons (Fsp3) is 0.314. The van der Waals surface area contributed by atoms with Crippen LogP contribution in [0.25, 0.3) is 33.0 Å². The van der Waals surface area contributed by atoms with Crippen molar-refractivity contribution in [1.29, 1.82) is 0 Å². The highest BCUT2D eigenvalue weighted by molar-refractivity contribution is 6.04. The van der Waals surface area contributed by atoms with Gasteiger partial charge < -0.3 is 14.4 Å². The summed E-state index contributed by atoms with van der Waals surface area (Å²) in [6, 6.07) is 27.5. The van der Waals surface area contributed by atoms with E-state index in [1.807, 2.05) is 24.0 Å². The van der Waals surface area contributed by atoms with Gasteiger partial charge in [0.25, 0.3) is 0 Å². The molecule has 4 aromatic carbocycles. The minimum absolute atomic E-state index is 0.176. The van der Waals surface area contributed by atoms with Crippen LogP contribution in [0.15, 0.2) is 78.9 Å². The van der Waals surface area contributed by atoms with Crippen molar-refractivity contribution < 1.29 is 19.1 Å². The van der Waals surface area contributed by atoms with Crippen LogP contribution in [-0.2, 0) is 14.3 Å². The number of likely N-dealkylation sites (tertiary alicyclic amines) is 1. The Labute approximate surface area is 236 Å². The van der Waals surface area contributed by atoms with Crippen molar-refractivity contribution in [3.63, 3.8) is 0 Å². The van der Waals surface area contributed by atoms with E-state index in [2.05, 4.69) is 73.7 Å². The molecule has 40 heavy (non-hydrogen) atoms. The van der Waals surface area contributed by atoms with Crippen LogP contribution >= 0.6 is 0 Å². The van der Waals surface area contributed by atoms with Crippen molar-refractivity contribution in [3.8, 4) is 22.3 Å². The third-order valence-electron chi connectivity index (χ3n) is 7.91. The Bertz CT molecular complexity index is 1480. The first-order valence-corrected chi connectivity index (χ1v) is 14.2. The summed E-state index contributed by atoms with van der Waals surface area (Å²) in [7, 11) is 1.63. The van der Waals surface area contributed by atoms with Gasteiger partial charge in [-0.1, -0.05) is 66.2 Å². The van der Waals surface area contributed by atoms with E-state index in [4.69, 9.17) is 9.47 Å². The highest BCUT2D eigenvalue weighted by Gasteiger charge is 2.23. The molecule has 5 nitrogen and oxygen atoms in total. The van der Waals surface area contributed by atoms with Crippen LogP contribution in [-0.4, -0.2) is 50.2 Å². The number of hydrogen-bond acceptors (Lipinski definition) is 4. The van der Waals surface area contributed by atoms with E-state index in [-0.39, 0.29) is 11.9 Å². The van der Waals surface area contributed by atoms with Crippen molar-refractivity contribution in [2.45, 2.75) is 39.0 Å². The Morgan fingerprint density at radius 2 is 1.52 bits per heavy atom. The van der Waals surface area contributed by atoms with Crippen LogP contribution in [0.4, 0.5) is 0 Å². The summed E-state index contributed by atoms with van der Waals surface area (Å²) in [5.74, 6) is 0.296. The van der Waals surface area contributed by atoms with Crippen molar-refractivity contribution in [3.05, 3.63) is 95.6 Å². The second-order valence-corrected chi connectivity index (χ2v) is 10.6. The van der Waals surface area contributed by atoms with Gasteiger partial charge >= 0.3 is 5.97 Å². The van der Waals surface area contributed by atoms with E-state index in [1.54, 1.807) is 7.11 Å². The maximum atomic E-state index is 12.8. The summed E-state index contributed by atoms with van der Waals surface area (Å²) in [4.78, 5) is 27.1. The van der Waals surface area contributed by atoms with Crippen molar-refractivity contribution in [2.75, 3.05) is 33.4 Å². The first kappa shape index (κ1) is 27.6. The first-order valence-electron chi connectivity index (χ1n) is 14.2. The topological polar surface area (TPSA) is 55.8 Å². The molecular formula is C35H37NO4. The van der Waals surface area contributed by atoms with Crippen molar-refractivity contribution in [2.24, 2.45) is 0 Å². The molecule has 5 heteroatoms. The minimum Gasteiger partial charge on any atom is -0.462 e. The number of carbonyl (C=O) groups excluding carboxylic acids is 2. The fourth-order valence-corrected chi connectivity index (χ4v) is 5.61. The average molecular weight is 536 g/mol. The molecule has 0 spiro atoms. The van der Waals surface area contributed by atoms with Gasteiger partial charge in [0, 0.05) is 20.2 Å². The second kappa shape index (κ2) is 12.5. The summed E-state index contributed by atoms with van der Waals surface area (Å²) in [6.07, 6.45) is 2.36. The van der Waals surface area contributed by atoms with Crippen LogP contribution < -0.4 is 0 Å². The zero-order chi connectivity index (χ0) is 28.1. The number of aryl methyl sites for hydroxylation is 1. The van der Waals surface area contributed by atoms with Gasteiger partial charge in [-0.25, -0.2) is 4.79 Å². The van der Waals surface area contributed by atoms with Gasteiger partial charge in [-0.15, -0.1) is 0 Å². The van der Waals surface area contributed by atoms with Gasteiger partial charge in [-0.3, -0.25) is 4.79 Å². The number of hydrogen-bond donors (Lipinski definition) is 0. The number of nitrogens with zero attached hydrogens (tertiary/aromatic N) is 1. The van der Waals surface area contributed by atoms with Gasteiger partial charge in [0.05, 0.1) is 25.2 Å². The van der Waals surface area contributed by atoms with Crippen LogP contribution in [0.3, 0.4) is 0 Å². The molecule has 1 amide bonds. The standard InChI is InChI=1S/C35H37NO4/c1-4-40-35(38)31-22-30-21-29(26-7-5-24(2)6-8-26)13-14-32(30)33(23-31)28-11-9-25(10-12-28)27-15-18-36(19-16-27)34(37)17-20-39-3/h5-14,21-23,27H,4,15-20H2,1-3H3. The molecule has 206 valence electrons. The third kappa shape index (κ3) is 6.10. The number of amides is 1. The van der Waals surface area contributed by atoms with Gasteiger partial charge in [0.1, 0.15) is 0 Å². The molecule has 0 aliphatic carbocycles. The predicted molar refractivity (Wildman–Crippen MR) is 161 cm³/mol. The molecule has 1 fully saturated rings. The zero-order valence-electron chi connectivity index (χ0n) is 23.6. The lowest BCUT2D eigenvalue weighted by atomic mass is 9.87. The largest absolute Gasteiger partial charge is 0.462 e. The first-order chi connectivity index (χ1) is 19.5. The Balaban J connectivity index is 1.43. The molecule has 4 aromatic rings. The third-order valence-corrected chi connectivity index (χ3v) is 7.91. The lowest BCUT2D eigenvalue weighted by Gasteiger charge is -2.32. The summed E-state index contributed by atoms with van der Waals surface area (Å²) >= 11 is 0. The molecule has 0 aromatic heterocycles. The highest BCUT2D eigenvalue weighted by atomic mass is 16.5. The van der Waals surface area contributed by atoms with Crippen molar-refractivity contribution >= 4 is 22.6 Å². The molecule has 1 aliphatic rings. The average Bonchev–Trinajstić information content (AvgIpc) is 2.99. The molecular weight excluding hydrogens is 498 g/mol. The highest BCUT2D eigenvalue weighted by Crippen LogP contribution is 2.35. The lowest BCUT2D eigenvalue weighted by Crippen LogP contribution is -2.38. The Morgan fingerprint density at radius 3 is 2.20 bits per heavy atom. The number of carbonyl (C=O) groups is 2. The zero-order valence-corrected chi connectivity index (χ0v) is 23.6. The van der Waals surface area contributed by atoms with Crippen LogP contribution in [0.5, 0.6) is 0 Å². The number of benzene rings is 4. The van der Waals surface area contributed by atoms with Gasteiger partial charge in [-0.05, 0) is 89.4 Å². The molecule has 0 saturated carbocycles. The monoisotopic (exact) mass is 535 g/mol. The van der Waals surface area contributed by atoms with Crippen LogP contribution in [0.2, 0.25) is 0 Å². The van der Waals surface area contributed by atoms with E-state index in [1.165, 1.54) is 11.1 Å². The number of ether oxygens (including phenoxy) is 2. The van der Waals surface area contributed by atoms with Crippen molar-refractivity contribution in [1.82, 2.24) is 4.90 Å². The quantitative estimate of drug-likeness (QED) is 0.221. The SMILES string of the molecule is CCOC(=O)c1cc(-c2ccc(C3CCN(C(=O)CCOC)CC3)cc2)c2ccc(-c3ccc(C)cc3)cc2c1. The molecule has 1 aliphatic heterocycles. The minimum atomic E-state index is -0.310. The predicted octanol–water partition coefficient (Wildman–Crippen LogP) is 7.40. The summed E-state index contributed by atoms with van der Waals surface area (Å²) in [5.41, 5.74) is 7.41. The van der Waals surface area contributed by atoms with E-state index in [9.17, 15) is 9.59 Å². The molecule has 0 N–H and O–H groups in total. The number of methoxy groups -OCH3 is 1. The molecule has 5 rings (SSSR count). The fourth-order valence-electron chi connectivity index (χ4n) is 5.61. The molecule has 0 radical (unpaired) electrons. The normalized spacial score (nSPS) is 13.9. The smallest absolute Gasteiger partial charge is 0.338 e. The van der Waals surface area contributed by atoms with E-state index >= 15 is 0 Å². The van der Waals surface area contributed by atoms with E-state index < -0.39 is 0 Å². The van der Waals surface area contributed by atoms with E-state index in [0.717, 1.165) is 59.0 Å². The molecule has 1 heterocycles.